The van der Waals surface area contributed by atoms with E-state index >= 15 is 0 Å². The summed E-state index contributed by atoms with van der Waals surface area (Å²) in [4.78, 5) is 18.1. The van der Waals surface area contributed by atoms with Crippen molar-refractivity contribution in [2.24, 2.45) is 0 Å². The summed E-state index contributed by atoms with van der Waals surface area (Å²) in [5, 5.41) is 4.01. The number of carbonyl (C=O) groups excluding carboxylic acids is 1. The van der Waals surface area contributed by atoms with Crippen LogP contribution in [0.25, 0.3) is 0 Å². The molecule has 32 heavy (non-hydrogen) atoms. The van der Waals surface area contributed by atoms with Crippen molar-refractivity contribution in [2.75, 3.05) is 39.4 Å². The normalized spacial score (nSPS) is 18.6. The third-order valence-electron chi connectivity index (χ3n) is 6.87. The standard InChI is InChI=1S/C25H37N3O4/c1-19-23(20(2)32-26-19)18-22-8-9-24(31-22)25(29)28(21-10-16-30-17-11-21)15-7-14-27-12-5-3-4-6-13-27/h8-9,21H,3-7,10-18H2,1-2H3. The second-order valence-corrected chi connectivity index (χ2v) is 9.20. The van der Waals surface area contributed by atoms with Crippen molar-refractivity contribution in [1.82, 2.24) is 15.0 Å². The highest BCUT2D eigenvalue weighted by Gasteiger charge is 2.28. The van der Waals surface area contributed by atoms with Gasteiger partial charge < -0.3 is 23.5 Å². The van der Waals surface area contributed by atoms with Gasteiger partial charge in [0.15, 0.2) is 5.76 Å². The molecule has 2 fully saturated rings. The molecule has 0 radical (unpaired) electrons. The molecule has 4 heterocycles. The highest BCUT2D eigenvalue weighted by atomic mass is 16.5. The van der Waals surface area contributed by atoms with Gasteiger partial charge in [-0.1, -0.05) is 18.0 Å². The Labute approximate surface area is 191 Å². The molecular weight excluding hydrogens is 406 g/mol. The van der Waals surface area contributed by atoms with Crippen LogP contribution in [0, 0.1) is 13.8 Å². The first-order valence-corrected chi connectivity index (χ1v) is 12.2. The Morgan fingerprint density at radius 3 is 2.56 bits per heavy atom. The number of likely N-dealkylation sites (tertiary alicyclic amines) is 1. The molecule has 0 bridgehead atoms. The van der Waals surface area contributed by atoms with Crippen molar-refractivity contribution in [3.63, 3.8) is 0 Å². The van der Waals surface area contributed by atoms with E-state index in [1.165, 1.54) is 38.8 Å². The molecule has 2 aromatic rings. The number of rotatable bonds is 8. The fourth-order valence-electron chi connectivity index (χ4n) is 4.93. The zero-order valence-electron chi connectivity index (χ0n) is 19.6. The molecule has 0 aromatic carbocycles. The summed E-state index contributed by atoms with van der Waals surface area (Å²) in [6, 6.07) is 3.94. The van der Waals surface area contributed by atoms with E-state index in [-0.39, 0.29) is 11.9 Å². The maximum atomic E-state index is 13.5. The van der Waals surface area contributed by atoms with Gasteiger partial charge in [-0.15, -0.1) is 0 Å². The topological polar surface area (TPSA) is 72.0 Å². The number of furan rings is 1. The zero-order valence-corrected chi connectivity index (χ0v) is 19.6. The number of aromatic nitrogens is 1. The Hall–Kier alpha value is -2.12. The van der Waals surface area contributed by atoms with Gasteiger partial charge in [-0.25, -0.2) is 0 Å². The number of ether oxygens (including phenoxy) is 1. The Balaban J connectivity index is 1.41. The van der Waals surface area contributed by atoms with E-state index in [1.54, 1.807) is 0 Å². The Bertz CT molecular complexity index is 841. The molecule has 7 nitrogen and oxygen atoms in total. The second-order valence-electron chi connectivity index (χ2n) is 9.20. The largest absolute Gasteiger partial charge is 0.456 e. The van der Waals surface area contributed by atoms with Crippen molar-refractivity contribution in [2.45, 2.75) is 71.3 Å². The number of nitrogens with zero attached hydrogens (tertiary/aromatic N) is 3. The molecule has 0 unspecified atom stereocenters. The lowest BCUT2D eigenvalue weighted by Crippen LogP contribution is -2.44. The van der Waals surface area contributed by atoms with Crippen LogP contribution < -0.4 is 0 Å². The first-order valence-electron chi connectivity index (χ1n) is 12.2. The van der Waals surface area contributed by atoms with Crippen LogP contribution in [0.2, 0.25) is 0 Å². The molecule has 4 rings (SSSR count). The second kappa shape index (κ2) is 11.1. The average molecular weight is 444 g/mol. The van der Waals surface area contributed by atoms with Crippen LogP contribution in [0.15, 0.2) is 21.1 Å². The van der Waals surface area contributed by atoms with Crippen LogP contribution in [-0.2, 0) is 11.2 Å². The lowest BCUT2D eigenvalue weighted by molar-refractivity contribution is 0.0262. The fourth-order valence-corrected chi connectivity index (χ4v) is 4.93. The summed E-state index contributed by atoms with van der Waals surface area (Å²) in [6.45, 7) is 9.47. The van der Waals surface area contributed by atoms with Gasteiger partial charge in [0.1, 0.15) is 11.5 Å². The van der Waals surface area contributed by atoms with E-state index in [9.17, 15) is 4.79 Å². The van der Waals surface area contributed by atoms with Crippen LogP contribution >= 0.6 is 0 Å². The molecule has 2 aromatic heterocycles. The average Bonchev–Trinajstić information content (AvgIpc) is 3.30. The maximum absolute atomic E-state index is 13.5. The van der Waals surface area contributed by atoms with Crippen LogP contribution in [0.3, 0.4) is 0 Å². The van der Waals surface area contributed by atoms with Gasteiger partial charge in [0.2, 0.25) is 0 Å². The summed E-state index contributed by atoms with van der Waals surface area (Å²) in [6.07, 6.45) is 8.64. The minimum Gasteiger partial charge on any atom is -0.456 e. The molecule has 0 atom stereocenters. The number of carbonyl (C=O) groups is 1. The summed E-state index contributed by atoms with van der Waals surface area (Å²) >= 11 is 0. The van der Waals surface area contributed by atoms with E-state index in [1.807, 2.05) is 30.9 Å². The third-order valence-corrected chi connectivity index (χ3v) is 6.87. The lowest BCUT2D eigenvalue weighted by atomic mass is 10.1. The zero-order chi connectivity index (χ0) is 22.3. The molecule has 0 saturated carbocycles. The summed E-state index contributed by atoms with van der Waals surface area (Å²) < 4.78 is 16.8. The minimum atomic E-state index is -0.00206. The van der Waals surface area contributed by atoms with Crippen LogP contribution in [0.4, 0.5) is 0 Å². The first-order chi connectivity index (χ1) is 15.6. The van der Waals surface area contributed by atoms with E-state index in [0.29, 0.717) is 12.2 Å². The number of hydrogen-bond acceptors (Lipinski definition) is 6. The molecule has 2 aliphatic heterocycles. The number of amides is 1. The molecule has 176 valence electrons. The van der Waals surface area contributed by atoms with Crippen LogP contribution in [0.5, 0.6) is 0 Å². The molecule has 7 heteroatoms. The Morgan fingerprint density at radius 1 is 1.12 bits per heavy atom. The van der Waals surface area contributed by atoms with E-state index in [0.717, 1.165) is 68.3 Å². The van der Waals surface area contributed by atoms with Gasteiger partial charge in [-0.2, -0.15) is 0 Å². The van der Waals surface area contributed by atoms with Crippen LogP contribution in [-0.4, -0.2) is 66.3 Å². The van der Waals surface area contributed by atoms with Gasteiger partial charge in [0.05, 0.1) is 5.69 Å². The Kier molecular flexibility index (Phi) is 8.03. The van der Waals surface area contributed by atoms with Crippen molar-refractivity contribution < 1.29 is 18.5 Å². The summed E-state index contributed by atoms with van der Waals surface area (Å²) in [7, 11) is 0. The fraction of sp³-hybridized carbons (Fsp3) is 0.680. The van der Waals surface area contributed by atoms with E-state index in [4.69, 9.17) is 13.7 Å². The molecule has 0 N–H and O–H groups in total. The Morgan fingerprint density at radius 2 is 1.88 bits per heavy atom. The first kappa shape index (κ1) is 23.1. The minimum absolute atomic E-state index is 0.00206. The van der Waals surface area contributed by atoms with E-state index in [2.05, 4.69) is 10.1 Å². The van der Waals surface area contributed by atoms with Crippen molar-refractivity contribution in [1.29, 1.82) is 0 Å². The molecule has 0 spiro atoms. The SMILES string of the molecule is Cc1noc(C)c1Cc1ccc(C(=O)N(CCCN2CCCCCC2)C2CCOCC2)o1. The predicted octanol–water partition coefficient (Wildman–Crippen LogP) is 4.36. The quantitative estimate of drug-likeness (QED) is 0.604. The predicted molar refractivity (Wildman–Crippen MR) is 122 cm³/mol. The number of aryl methyl sites for hydroxylation is 2. The molecular formula is C25H37N3O4. The third kappa shape index (κ3) is 5.81. The van der Waals surface area contributed by atoms with Gasteiger partial charge >= 0.3 is 0 Å². The molecule has 2 aliphatic rings. The van der Waals surface area contributed by atoms with Gasteiger partial charge in [-0.3, -0.25) is 4.79 Å². The molecule has 0 aliphatic carbocycles. The summed E-state index contributed by atoms with van der Waals surface area (Å²) in [5.41, 5.74) is 1.89. The lowest BCUT2D eigenvalue weighted by Gasteiger charge is -2.34. The van der Waals surface area contributed by atoms with Crippen molar-refractivity contribution >= 4 is 5.91 Å². The summed E-state index contributed by atoms with van der Waals surface area (Å²) in [5.74, 6) is 1.98. The smallest absolute Gasteiger partial charge is 0.289 e. The molecule has 1 amide bonds. The highest BCUT2D eigenvalue weighted by molar-refractivity contribution is 5.91. The maximum Gasteiger partial charge on any atom is 0.289 e. The van der Waals surface area contributed by atoms with Gasteiger partial charge in [-0.05, 0) is 77.7 Å². The van der Waals surface area contributed by atoms with Crippen molar-refractivity contribution in [3.05, 3.63) is 40.7 Å². The number of hydrogen-bond donors (Lipinski definition) is 0. The monoisotopic (exact) mass is 443 g/mol. The van der Waals surface area contributed by atoms with E-state index < -0.39 is 0 Å². The molecule has 2 saturated heterocycles. The van der Waals surface area contributed by atoms with Gasteiger partial charge in [0.25, 0.3) is 5.91 Å². The van der Waals surface area contributed by atoms with Crippen molar-refractivity contribution in [3.8, 4) is 0 Å². The van der Waals surface area contributed by atoms with Crippen LogP contribution in [0.1, 0.15) is 78.3 Å². The highest BCUT2D eigenvalue weighted by Crippen LogP contribution is 2.23. The van der Waals surface area contributed by atoms with Gasteiger partial charge in [0, 0.05) is 37.8 Å².